The monoisotopic (exact) mass is 310 g/mol. The van der Waals surface area contributed by atoms with Gasteiger partial charge in [0, 0.05) is 32.0 Å². The quantitative estimate of drug-likeness (QED) is 0.922. The number of nitrogens with zero attached hydrogens (tertiary/aromatic N) is 3. The van der Waals surface area contributed by atoms with Crippen molar-refractivity contribution >= 4 is 11.9 Å². The maximum absolute atomic E-state index is 12.2. The average molecular weight is 310 g/mol. The lowest BCUT2D eigenvalue weighted by atomic mass is 10.2. The fourth-order valence-electron chi connectivity index (χ4n) is 2.90. The van der Waals surface area contributed by atoms with E-state index in [4.69, 9.17) is 0 Å². The lowest BCUT2D eigenvalue weighted by Gasteiger charge is -2.17. The van der Waals surface area contributed by atoms with E-state index in [0.717, 1.165) is 19.4 Å². The van der Waals surface area contributed by atoms with E-state index in [2.05, 4.69) is 27.4 Å². The molecule has 1 heterocycles. The molecule has 1 aromatic heterocycles. The first kappa shape index (κ1) is 15.5. The smallest absolute Gasteiger partial charge is 0.254 e. The largest absolute Gasteiger partial charge is 0.349 e. The molecule has 0 aliphatic heterocycles. The van der Waals surface area contributed by atoms with E-state index in [1.165, 1.54) is 18.4 Å². The van der Waals surface area contributed by atoms with Crippen LogP contribution in [-0.4, -0.2) is 29.0 Å². The zero-order valence-electron chi connectivity index (χ0n) is 13.4. The normalized spacial score (nSPS) is 14.7. The lowest BCUT2D eigenvalue weighted by Crippen LogP contribution is -2.32. The first-order valence-corrected chi connectivity index (χ1v) is 8.10. The second-order valence-corrected chi connectivity index (χ2v) is 6.07. The SMILES string of the molecule is CN(Cc1ccccc1)c1ncc(C(=O)NC2CCCC2)cn1. The van der Waals surface area contributed by atoms with Gasteiger partial charge in [-0.25, -0.2) is 9.97 Å². The summed E-state index contributed by atoms with van der Waals surface area (Å²) in [5.41, 5.74) is 1.72. The molecule has 0 spiro atoms. The van der Waals surface area contributed by atoms with Crippen molar-refractivity contribution in [3.05, 3.63) is 53.9 Å². The van der Waals surface area contributed by atoms with Crippen LogP contribution in [0.4, 0.5) is 5.95 Å². The molecule has 1 fully saturated rings. The van der Waals surface area contributed by atoms with Gasteiger partial charge in [0.15, 0.2) is 0 Å². The summed E-state index contributed by atoms with van der Waals surface area (Å²) in [6.45, 7) is 0.731. The van der Waals surface area contributed by atoms with Crippen molar-refractivity contribution in [2.45, 2.75) is 38.3 Å². The van der Waals surface area contributed by atoms with E-state index in [0.29, 0.717) is 17.6 Å². The number of hydrogen-bond acceptors (Lipinski definition) is 4. The molecule has 5 heteroatoms. The third-order valence-corrected chi connectivity index (χ3v) is 4.19. The highest BCUT2D eigenvalue weighted by Crippen LogP contribution is 2.18. The van der Waals surface area contributed by atoms with Crippen molar-refractivity contribution in [3.63, 3.8) is 0 Å². The van der Waals surface area contributed by atoms with Crippen LogP contribution in [0, 0.1) is 0 Å². The predicted molar refractivity (Wildman–Crippen MR) is 90.3 cm³/mol. The van der Waals surface area contributed by atoms with Crippen molar-refractivity contribution < 1.29 is 4.79 Å². The molecule has 1 aliphatic carbocycles. The summed E-state index contributed by atoms with van der Waals surface area (Å²) >= 11 is 0. The molecule has 1 aromatic carbocycles. The molecule has 1 amide bonds. The number of benzene rings is 1. The molecule has 23 heavy (non-hydrogen) atoms. The van der Waals surface area contributed by atoms with Gasteiger partial charge in [0.25, 0.3) is 5.91 Å². The standard InChI is InChI=1S/C18H22N4O/c1-22(13-14-7-3-2-4-8-14)18-19-11-15(12-20-18)17(23)21-16-9-5-6-10-16/h2-4,7-8,11-12,16H,5-6,9-10,13H2,1H3,(H,21,23). The summed E-state index contributed by atoms with van der Waals surface area (Å²) < 4.78 is 0. The number of carbonyl (C=O) groups is 1. The molecule has 0 bridgehead atoms. The van der Waals surface area contributed by atoms with Crippen molar-refractivity contribution in [1.29, 1.82) is 0 Å². The Morgan fingerprint density at radius 2 is 1.83 bits per heavy atom. The van der Waals surface area contributed by atoms with Crippen LogP contribution in [0.3, 0.4) is 0 Å². The van der Waals surface area contributed by atoms with Crippen LogP contribution in [0.1, 0.15) is 41.6 Å². The summed E-state index contributed by atoms with van der Waals surface area (Å²) in [6.07, 6.45) is 7.76. The fourth-order valence-corrected chi connectivity index (χ4v) is 2.90. The summed E-state index contributed by atoms with van der Waals surface area (Å²) in [7, 11) is 1.95. The van der Waals surface area contributed by atoms with Crippen LogP contribution in [-0.2, 0) is 6.54 Å². The summed E-state index contributed by atoms with van der Waals surface area (Å²) in [6, 6.07) is 10.5. The van der Waals surface area contributed by atoms with Crippen LogP contribution < -0.4 is 10.2 Å². The fraction of sp³-hybridized carbons (Fsp3) is 0.389. The van der Waals surface area contributed by atoms with Gasteiger partial charge in [-0.3, -0.25) is 4.79 Å². The van der Waals surface area contributed by atoms with Gasteiger partial charge in [-0.1, -0.05) is 43.2 Å². The molecule has 0 radical (unpaired) electrons. The number of carbonyl (C=O) groups excluding carboxylic acids is 1. The highest BCUT2D eigenvalue weighted by Gasteiger charge is 2.18. The van der Waals surface area contributed by atoms with Gasteiger partial charge < -0.3 is 10.2 Å². The van der Waals surface area contributed by atoms with Gasteiger partial charge in [-0.05, 0) is 18.4 Å². The number of aromatic nitrogens is 2. The molecular formula is C18H22N4O. The lowest BCUT2D eigenvalue weighted by molar-refractivity contribution is 0.0937. The number of amides is 1. The Bertz CT molecular complexity index is 636. The van der Waals surface area contributed by atoms with Crippen molar-refractivity contribution in [3.8, 4) is 0 Å². The summed E-state index contributed by atoms with van der Waals surface area (Å²) in [5, 5.41) is 3.05. The van der Waals surface area contributed by atoms with E-state index in [1.807, 2.05) is 30.1 Å². The van der Waals surface area contributed by atoms with Gasteiger partial charge in [0.05, 0.1) is 5.56 Å². The number of hydrogen-bond donors (Lipinski definition) is 1. The van der Waals surface area contributed by atoms with Gasteiger partial charge in [0.2, 0.25) is 5.95 Å². The van der Waals surface area contributed by atoms with Crippen LogP contribution >= 0.6 is 0 Å². The minimum Gasteiger partial charge on any atom is -0.349 e. The highest BCUT2D eigenvalue weighted by atomic mass is 16.1. The minimum atomic E-state index is -0.0748. The Hall–Kier alpha value is -2.43. The molecule has 1 aliphatic rings. The van der Waals surface area contributed by atoms with E-state index < -0.39 is 0 Å². The summed E-state index contributed by atoms with van der Waals surface area (Å²) in [5.74, 6) is 0.542. The molecule has 0 atom stereocenters. The molecule has 1 saturated carbocycles. The zero-order chi connectivity index (χ0) is 16.1. The van der Waals surface area contributed by atoms with Crippen LogP contribution in [0.25, 0.3) is 0 Å². The Morgan fingerprint density at radius 1 is 1.17 bits per heavy atom. The van der Waals surface area contributed by atoms with Crippen LogP contribution in [0.2, 0.25) is 0 Å². The van der Waals surface area contributed by atoms with Crippen molar-refractivity contribution in [2.24, 2.45) is 0 Å². The first-order chi connectivity index (χ1) is 11.2. The number of anilines is 1. The molecule has 3 rings (SSSR count). The van der Waals surface area contributed by atoms with Gasteiger partial charge >= 0.3 is 0 Å². The first-order valence-electron chi connectivity index (χ1n) is 8.10. The number of nitrogens with one attached hydrogen (secondary N) is 1. The van der Waals surface area contributed by atoms with E-state index in [1.54, 1.807) is 12.4 Å². The Kier molecular flexibility index (Phi) is 4.86. The van der Waals surface area contributed by atoms with Crippen molar-refractivity contribution in [1.82, 2.24) is 15.3 Å². The maximum Gasteiger partial charge on any atom is 0.254 e. The zero-order valence-corrected chi connectivity index (χ0v) is 13.4. The van der Waals surface area contributed by atoms with Crippen LogP contribution in [0.15, 0.2) is 42.7 Å². The minimum absolute atomic E-state index is 0.0748. The third kappa shape index (κ3) is 4.06. The van der Waals surface area contributed by atoms with Crippen molar-refractivity contribution in [2.75, 3.05) is 11.9 Å². The highest BCUT2D eigenvalue weighted by molar-refractivity contribution is 5.93. The van der Waals surface area contributed by atoms with E-state index >= 15 is 0 Å². The second-order valence-electron chi connectivity index (χ2n) is 6.07. The Morgan fingerprint density at radius 3 is 2.48 bits per heavy atom. The predicted octanol–water partition coefficient (Wildman–Crippen LogP) is 2.79. The molecule has 1 N–H and O–H groups in total. The maximum atomic E-state index is 12.2. The molecular weight excluding hydrogens is 288 g/mol. The third-order valence-electron chi connectivity index (χ3n) is 4.19. The topological polar surface area (TPSA) is 58.1 Å². The average Bonchev–Trinajstić information content (AvgIpc) is 3.09. The molecule has 5 nitrogen and oxygen atoms in total. The molecule has 0 saturated heterocycles. The Labute approximate surface area is 136 Å². The van der Waals surface area contributed by atoms with Crippen LogP contribution in [0.5, 0.6) is 0 Å². The molecule has 0 unspecified atom stereocenters. The molecule has 120 valence electrons. The number of rotatable bonds is 5. The van der Waals surface area contributed by atoms with Gasteiger partial charge in [-0.15, -0.1) is 0 Å². The van der Waals surface area contributed by atoms with Gasteiger partial charge in [-0.2, -0.15) is 0 Å². The second kappa shape index (κ2) is 7.22. The van der Waals surface area contributed by atoms with E-state index in [9.17, 15) is 4.79 Å². The Balaban J connectivity index is 1.60. The van der Waals surface area contributed by atoms with E-state index in [-0.39, 0.29) is 5.91 Å². The molecule has 2 aromatic rings. The van der Waals surface area contributed by atoms with Gasteiger partial charge in [0.1, 0.15) is 0 Å². The summed E-state index contributed by atoms with van der Waals surface area (Å²) in [4.78, 5) is 22.8.